The van der Waals surface area contributed by atoms with Crippen LogP contribution in [0.2, 0.25) is 0 Å². The second kappa shape index (κ2) is 8.69. The van der Waals surface area contributed by atoms with Crippen LogP contribution in [0.1, 0.15) is 38.5 Å². The fraction of sp³-hybridized carbons (Fsp3) is 0.692. The van der Waals surface area contributed by atoms with Crippen LogP contribution in [-0.2, 0) is 0 Å². The van der Waals surface area contributed by atoms with Gasteiger partial charge in [0.1, 0.15) is 0 Å². The highest BCUT2D eigenvalue weighted by atomic mass is 14.8. The molecule has 0 saturated carbocycles. The van der Waals surface area contributed by atoms with E-state index in [1.807, 2.05) is 0 Å². The van der Waals surface area contributed by atoms with Crippen molar-refractivity contribution in [1.82, 2.24) is 5.32 Å². The second-order valence-electron chi connectivity index (χ2n) is 4.16. The molecule has 0 saturated heterocycles. The van der Waals surface area contributed by atoms with Crippen molar-refractivity contribution in [1.29, 1.82) is 0 Å². The molecule has 0 aromatic rings. The summed E-state index contributed by atoms with van der Waals surface area (Å²) in [5, 5.41) is 3.45. The fourth-order valence-corrected chi connectivity index (χ4v) is 1.80. The Hall–Kier alpha value is -0.600. The molecule has 1 aliphatic carbocycles. The number of hydrogen-bond acceptors (Lipinski definition) is 2. The van der Waals surface area contributed by atoms with Crippen molar-refractivity contribution in [3.8, 4) is 0 Å². The molecule has 15 heavy (non-hydrogen) atoms. The molecule has 1 aliphatic rings. The molecule has 0 aromatic heterocycles. The van der Waals surface area contributed by atoms with Gasteiger partial charge in [-0.05, 0) is 58.2 Å². The number of hydrogen-bond donors (Lipinski definition) is 2. The number of unbranched alkanes of at least 4 members (excludes halogenated alkanes) is 2. The molecular formula is C13H24N2. The molecule has 2 nitrogen and oxygen atoms in total. The lowest BCUT2D eigenvalue weighted by molar-refractivity contribution is 0.590. The van der Waals surface area contributed by atoms with E-state index in [9.17, 15) is 0 Å². The summed E-state index contributed by atoms with van der Waals surface area (Å²) in [6.45, 7) is 3.11. The van der Waals surface area contributed by atoms with Gasteiger partial charge in [0.2, 0.25) is 0 Å². The van der Waals surface area contributed by atoms with Gasteiger partial charge in [-0.25, -0.2) is 0 Å². The molecule has 2 heteroatoms. The van der Waals surface area contributed by atoms with Crippen molar-refractivity contribution >= 4 is 0 Å². The SMILES string of the molecule is NCCCCNCCCCC1=CC=CC1. The molecule has 0 aliphatic heterocycles. The summed E-state index contributed by atoms with van der Waals surface area (Å²) in [6.07, 6.45) is 14.1. The van der Waals surface area contributed by atoms with E-state index in [1.54, 1.807) is 5.57 Å². The van der Waals surface area contributed by atoms with Gasteiger partial charge in [-0.3, -0.25) is 0 Å². The van der Waals surface area contributed by atoms with Crippen LogP contribution in [0.3, 0.4) is 0 Å². The van der Waals surface area contributed by atoms with Crippen LogP contribution < -0.4 is 11.1 Å². The molecule has 86 valence electrons. The number of nitrogens with one attached hydrogen (secondary N) is 1. The summed E-state index contributed by atoms with van der Waals surface area (Å²) in [5.41, 5.74) is 7.02. The third-order valence-electron chi connectivity index (χ3n) is 2.76. The Morgan fingerprint density at radius 3 is 2.60 bits per heavy atom. The van der Waals surface area contributed by atoms with Gasteiger partial charge < -0.3 is 11.1 Å². The first-order valence-electron chi connectivity index (χ1n) is 6.19. The molecule has 0 spiro atoms. The van der Waals surface area contributed by atoms with Gasteiger partial charge in [0.05, 0.1) is 0 Å². The predicted octanol–water partition coefficient (Wildman–Crippen LogP) is 2.37. The van der Waals surface area contributed by atoms with Gasteiger partial charge in [0.25, 0.3) is 0 Å². The molecule has 0 unspecified atom stereocenters. The first-order valence-corrected chi connectivity index (χ1v) is 6.19. The van der Waals surface area contributed by atoms with Gasteiger partial charge >= 0.3 is 0 Å². The number of rotatable bonds is 9. The zero-order valence-corrected chi connectivity index (χ0v) is 9.67. The Morgan fingerprint density at radius 1 is 1.13 bits per heavy atom. The van der Waals surface area contributed by atoms with Crippen molar-refractivity contribution in [2.24, 2.45) is 5.73 Å². The van der Waals surface area contributed by atoms with E-state index in [1.165, 1.54) is 32.1 Å². The minimum Gasteiger partial charge on any atom is -0.330 e. The van der Waals surface area contributed by atoms with E-state index in [-0.39, 0.29) is 0 Å². The maximum atomic E-state index is 5.42. The summed E-state index contributed by atoms with van der Waals surface area (Å²) in [6, 6.07) is 0. The highest BCUT2D eigenvalue weighted by Gasteiger charge is 1.98. The predicted molar refractivity (Wildman–Crippen MR) is 66.8 cm³/mol. The molecule has 0 atom stereocenters. The molecule has 0 aromatic carbocycles. The van der Waals surface area contributed by atoms with E-state index in [0.717, 1.165) is 26.1 Å². The van der Waals surface area contributed by atoms with E-state index in [0.29, 0.717) is 0 Å². The van der Waals surface area contributed by atoms with Crippen LogP contribution in [0.4, 0.5) is 0 Å². The highest BCUT2D eigenvalue weighted by molar-refractivity contribution is 5.22. The monoisotopic (exact) mass is 208 g/mol. The quantitative estimate of drug-likeness (QED) is 0.571. The molecule has 3 N–H and O–H groups in total. The normalized spacial score (nSPS) is 14.6. The van der Waals surface area contributed by atoms with Gasteiger partial charge in [0.15, 0.2) is 0 Å². The summed E-state index contributed by atoms with van der Waals surface area (Å²) < 4.78 is 0. The van der Waals surface area contributed by atoms with E-state index in [4.69, 9.17) is 5.73 Å². The van der Waals surface area contributed by atoms with E-state index < -0.39 is 0 Å². The second-order valence-corrected chi connectivity index (χ2v) is 4.16. The summed E-state index contributed by atoms with van der Waals surface area (Å²) in [7, 11) is 0. The van der Waals surface area contributed by atoms with Crippen molar-refractivity contribution in [2.75, 3.05) is 19.6 Å². The van der Waals surface area contributed by atoms with E-state index >= 15 is 0 Å². The van der Waals surface area contributed by atoms with E-state index in [2.05, 4.69) is 23.5 Å². The lowest BCUT2D eigenvalue weighted by Crippen LogP contribution is -2.17. The van der Waals surface area contributed by atoms with Crippen LogP contribution in [0, 0.1) is 0 Å². The topological polar surface area (TPSA) is 38.0 Å². The lowest BCUT2D eigenvalue weighted by Gasteiger charge is -2.04. The average molecular weight is 208 g/mol. The van der Waals surface area contributed by atoms with Gasteiger partial charge in [0, 0.05) is 0 Å². The Bertz CT molecular complexity index is 207. The fourth-order valence-electron chi connectivity index (χ4n) is 1.80. The standard InChI is InChI=1S/C13H24N2/c14-10-4-6-12-15-11-5-3-9-13-7-1-2-8-13/h1-2,7,15H,3-6,8-12,14H2. The molecule has 0 heterocycles. The zero-order chi connectivity index (χ0) is 10.8. The Balaban J connectivity index is 1.77. The van der Waals surface area contributed by atoms with Crippen LogP contribution in [0.25, 0.3) is 0 Å². The van der Waals surface area contributed by atoms with Crippen LogP contribution in [0.5, 0.6) is 0 Å². The Morgan fingerprint density at radius 2 is 1.93 bits per heavy atom. The van der Waals surface area contributed by atoms with Crippen LogP contribution >= 0.6 is 0 Å². The maximum absolute atomic E-state index is 5.42. The first-order chi connectivity index (χ1) is 7.43. The van der Waals surface area contributed by atoms with Crippen molar-refractivity contribution < 1.29 is 0 Å². The Labute approximate surface area is 93.6 Å². The highest BCUT2D eigenvalue weighted by Crippen LogP contribution is 2.16. The molecule has 0 bridgehead atoms. The molecule has 0 amide bonds. The van der Waals surface area contributed by atoms with Gasteiger partial charge in [-0.2, -0.15) is 0 Å². The zero-order valence-electron chi connectivity index (χ0n) is 9.67. The molecule has 0 fully saturated rings. The average Bonchev–Trinajstić information content (AvgIpc) is 2.75. The molecule has 1 rings (SSSR count). The van der Waals surface area contributed by atoms with Crippen molar-refractivity contribution in [3.63, 3.8) is 0 Å². The van der Waals surface area contributed by atoms with Crippen molar-refractivity contribution in [3.05, 3.63) is 23.8 Å². The minimum atomic E-state index is 0.822. The largest absolute Gasteiger partial charge is 0.330 e. The smallest absolute Gasteiger partial charge is 0.00484 e. The Kier molecular flexibility index (Phi) is 7.22. The summed E-state index contributed by atoms with van der Waals surface area (Å²) >= 11 is 0. The molecule has 0 radical (unpaired) electrons. The number of nitrogens with two attached hydrogens (primary N) is 1. The number of allylic oxidation sites excluding steroid dienone is 4. The lowest BCUT2D eigenvalue weighted by atomic mass is 10.1. The van der Waals surface area contributed by atoms with Gasteiger partial charge in [-0.1, -0.05) is 23.8 Å². The first kappa shape index (κ1) is 12.5. The molecular weight excluding hydrogens is 184 g/mol. The van der Waals surface area contributed by atoms with Crippen molar-refractivity contribution in [2.45, 2.75) is 38.5 Å². The van der Waals surface area contributed by atoms with Gasteiger partial charge in [-0.15, -0.1) is 0 Å². The maximum Gasteiger partial charge on any atom is -0.00484 e. The third kappa shape index (κ3) is 6.47. The minimum absolute atomic E-state index is 0.822. The summed E-state index contributed by atoms with van der Waals surface area (Å²) in [4.78, 5) is 0. The van der Waals surface area contributed by atoms with Crippen LogP contribution in [-0.4, -0.2) is 19.6 Å². The summed E-state index contributed by atoms with van der Waals surface area (Å²) in [5.74, 6) is 0. The van der Waals surface area contributed by atoms with Crippen LogP contribution in [0.15, 0.2) is 23.8 Å². The third-order valence-corrected chi connectivity index (χ3v) is 2.76.